The lowest BCUT2D eigenvalue weighted by Gasteiger charge is -2.12. The molecular formula is C17H17BrN2O. The summed E-state index contributed by atoms with van der Waals surface area (Å²) in [6.07, 6.45) is -0.0680. The first-order valence-corrected chi connectivity index (χ1v) is 7.70. The van der Waals surface area contributed by atoms with Crippen molar-refractivity contribution in [2.75, 3.05) is 0 Å². The summed E-state index contributed by atoms with van der Waals surface area (Å²) >= 11 is 3.53. The summed E-state index contributed by atoms with van der Waals surface area (Å²) in [5, 5.41) is 16.2. The molecule has 0 amide bonds. The van der Waals surface area contributed by atoms with E-state index in [0.717, 1.165) is 26.6 Å². The Morgan fingerprint density at radius 3 is 2.76 bits per heavy atom. The Hall–Kier alpha value is -1.65. The Morgan fingerprint density at radius 1 is 1.24 bits per heavy atom. The van der Waals surface area contributed by atoms with Gasteiger partial charge in [-0.25, -0.2) is 0 Å². The first-order chi connectivity index (χ1) is 10.1. The molecule has 0 radical (unpaired) electrons. The molecule has 0 aliphatic rings. The van der Waals surface area contributed by atoms with Crippen molar-refractivity contribution in [2.45, 2.75) is 19.4 Å². The molecule has 1 N–H and O–H groups in total. The average molecular weight is 345 g/mol. The first kappa shape index (κ1) is 14.3. The summed E-state index contributed by atoms with van der Waals surface area (Å²) in [6, 6.07) is 14.1. The van der Waals surface area contributed by atoms with E-state index in [9.17, 15) is 5.11 Å². The van der Waals surface area contributed by atoms with Crippen LogP contribution >= 0.6 is 15.9 Å². The summed E-state index contributed by atoms with van der Waals surface area (Å²) in [6.45, 7) is 2.03. The summed E-state index contributed by atoms with van der Waals surface area (Å²) in [4.78, 5) is 0. The third-order valence-electron chi connectivity index (χ3n) is 3.74. The van der Waals surface area contributed by atoms with Crippen molar-refractivity contribution in [1.29, 1.82) is 0 Å². The maximum atomic E-state index is 10.5. The zero-order valence-corrected chi connectivity index (χ0v) is 13.6. The van der Waals surface area contributed by atoms with Crippen LogP contribution in [0.5, 0.6) is 0 Å². The van der Waals surface area contributed by atoms with Gasteiger partial charge in [0, 0.05) is 23.3 Å². The molecule has 2 aromatic carbocycles. The van der Waals surface area contributed by atoms with E-state index in [2.05, 4.69) is 27.1 Å². The van der Waals surface area contributed by atoms with Gasteiger partial charge in [0.25, 0.3) is 0 Å². The van der Waals surface area contributed by atoms with Crippen LogP contribution in [0.25, 0.3) is 10.9 Å². The van der Waals surface area contributed by atoms with Gasteiger partial charge in [0.05, 0.1) is 17.3 Å². The first-order valence-electron chi connectivity index (χ1n) is 6.91. The molecule has 1 unspecified atom stereocenters. The Labute approximate surface area is 132 Å². The predicted octanol–water partition coefficient (Wildman–Crippen LogP) is 3.92. The van der Waals surface area contributed by atoms with Crippen molar-refractivity contribution in [1.82, 2.24) is 9.78 Å². The van der Waals surface area contributed by atoms with E-state index in [1.165, 1.54) is 5.56 Å². The molecular weight excluding hydrogens is 328 g/mol. The van der Waals surface area contributed by atoms with Gasteiger partial charge >= 0.3 is 0 Å². The van der Waals surface area contributed by atoms with Gasteiger partial charge in [0.1, 0.15) is 0 Å². The van der Waals surface area contributed by atoms with Crippen LogP contribution in [-0.2, 0) is 13.5 Å². The van der Waals surface area contributed by atoms with Crippen LogP contribution in [0.3, 0.4) is 0 Å². The number of rotatable bonds is 3. The Balaban J connectivity index is 1.94. The van der Waals surface area contributed by atoms with Gasteiger partial charge in [-0.15, -0.1) is 0 Å². The van der Waals surface area contributed by atoms with Crippen molar-refractivity contribution >= 4 is 26.8 Å². The SMILES string of the molecule is Cc1ccc(C(O)Cc2nn(C)c3ccccc23)c(Br)c1. The Bertz CT molecular complexity index is 795. The molecule has 4 heteroatoms. The quantitative estimate of drug-likeness (QED) is 0.781. The van der Waals surface area contributed by atoms with E-state index in [1.807, 2.05) is 55.1 Å². The molecule has 0 saturated carbocycles. The van der Waals surface area contributed by atoms with Crippen LogP contribution in [0.15, 0.2) is 46.9 Å². The fourth-order valence-electron chi connectivity index (χ4n) is 2.63. The third kappa shape index (κ3) is 2.74. The van der Waals surface area contributed by atoms with Crippen LogP contribution in [0.2, 0.25) is 0 Å². The zero-order chi connectivity index (χ0) is 15.0. The highest BCUT2D eigenvalue weighted by atomic mass is 79.9. The number of aryl methyl sites for hydroxylation is 2. The highest BCUT2D eigenvalue weighted by Gasteiger charge is 2.16. The lowest BCUT2D eigenvalue weighted by atomic mass is 10.0. The monoisotopic (exact) mass is 344 g/mol. The van der Waals surface area contributed by atoms with Crippen LogP contribution in [0.1, 0.15) is 22.9 Å². The van der Waals surface area contributed by atoms with Crippen molar-refractivity contribution < 1.29 is 5.11 Å². The molecule has 0 aliphatic carbocycles. The van der Waals surface area contributed by atoms with E-state index in [1.54, 1.807) is 0 Å². The number of hydrogen-bond donors (Lipinski definition) is 1. The lowest BCUT2D eigenvalue weighted by Crippen LogP contribution is -2.04. The summed E-state index contributed by atoms with van der Waals surface area (Å²) < 4.78 is 2.80. The number of fused-ring (bicyclic) bond motifs is 1. The number of para-hydroxylation sites is 1. The van der Waals surface area contributed by atoms with E-state index in [4.69, 9.17) is 0 Å². The third-order valence-corrected chi connectivity index (χ3v) is 4.42. The molecule has 108 valence electrons. The largest absolute Gasteiger partial charge is 0.388 e. The zero-order valence-electron chi connectivity index (χ0n) is 12.0. The van der Waals surface area contributed by atoms with Crippen LogP contribution in [0, 0.1) is 6.92 Å². The number of aromatic nitrogens is 2. The normalized spacial score (nSPS) is 12.8. The van der Waals surface area contributed by atoms with Gasteiger partial charge in [0.2, 0.25) is 0 Å². The maximum absolute atomic E-state index is 10.5. The molecule has 0 saturated heterocycles. The molecule has 0 aliphatic heterocycles. The maximum Gasteiger partial charge on any atom is 0.0857 e. The molecule has 0 bridgehead atoms. The highest BCUT2D eigenvalue weighted by molar-refractivity contribution is 9.10. The minimum Gasteiger partial charge on any atom is -0.388 e. The molecule has 0 fully saturated rings. The van der Waals surface area contributed by atoms with Crippen LogP contribution in [-0.4, -0.2) is 14.9 Å². The van der Waals surface area contributed by atoms with Gasteiger partial charge < -0.3 is 5.11 Å². The molecule has 3 rings (SSSR count). The van der Waals surface area contributed by atoms with Gasteiger partial charge in [-0.1, -0.05) is 46.3 Å². The van der Waals surface area contributed by atoms with E-state index >= 15 is 0 Å². The number of benzene rings is 2. The lowest BCUT2D eigenvalue weighted by molar-refractivity contribution is 0.176. The molecule has 0 spiro atoms. The van der Waals surface area contributed by atoms with Gasteiger partial charge in [0.15, 0.2) is 0 Å². The minimum absolute atomic E-state index is 0.503. The van der Waals surface area contributed by atoms with E-state index < -0.39 is 6.10 Å². The second kappa shape index (κ2) is 5.62. The minimum atomic E-state index is -0.571. The Kier molecular flexibility index (Phi) is 3.83. The second-order valence-corrected chi connectivity index (χ2v) is 6.19. The van der Waals surface area contributed by atoms with Gasteiger partial charge in [-0.05, 0) is 30.2 Å². The Morgan fingerprint density at radius 2 is 2.00 bits per heavy atom. The van der Waals surface area contributed by atoms with Crippen LogP contribution in [0.4, 0.5) is 0 Å². The number of hydrogen-bond acceptors (Lipinski definition) is 2. The highest BCUT2D eigenvalue weighted by Crippen LogP contribution is 2.28. The van der Waals surface area contributed by atoms with Gasteiger partial charge in [-0.2, -0.15) is 5.10 Å². The smallest absolute Gasteiger partial charge is 0.0857 e. The number of nitrogens with zero attached hydrogens (tertiary/aromatic N) is 2. The number of halogens is 1. The predicted molar refractivity (Wildman–Crippen MR) is 88.3 cm³/mol. The van der Waals surface area contributed by atoms with Crippen molar-refractivity contribution in [2.24, 2.45) is 7.05 Å². The number of aliphatic hydroxyl groups is 1. The number of aliphatic hydroxyl groups excluding tert-OH is 1. The fourth-order valence-corrected chi connectivity index (χ4v) is 3.39. The van der Waals surface area contributed by atoms with E-state index in [0.29, 0.717) is 6.42 Å². The molecule has 1 atom stereocenters. The van der Waals surface area contributed by atoms with Gasteiger partial charge in [-0.3, -0.25) is 4.68 Å². The second-order valence-electron chi connectivity index (χ2n) is 5.33. The summed E-state index contributed by atoms with van der Waals surface area (Å²) in [7, 11) is 1.93. The topological polar surface area (TPSA) is 38.1 Å². The molecule has 1 heterocycles. The van der Waals surface area contributed by atoms with E-state index in [-0.39, 0.29) is 0 Å². The fraction of sp³-hybridized carbons (Fsp3) is 0.235. The molecule has 1 aromatic heterocycles. The summed E-state index contributed by atoms with van der Waals surface area (Å²) in [5.74, 6) is 0. The molecule has 3 aromatic rings. The summed E-state index contributed by atoms with van der Waals surface area (Å²) in [5.41, 5.74) is 4.08. The average Bonchev–Trinajstić information content (AvgIpc) is 2.76. The standard InChI is InChI=1S/C17H17BrN2O/c1-11-7-8-12(14(18)9-11)17(21)10-15-13-5-3-4-6-16(13)20(2)19-15/h3-9,17,21H,10H2,1-2H3. The van der Waals surface area contributed by atoms with Crippen molar-refractivity contribution in [3.05, 3.63) is 63.8 Å². The van der Waals surface area contributed by atoms with Crippen LogP contribution < -0.4 is 0 Å². The molecule has 21 heavy (non-hydrogen) atoms. The molecule has 3 nitrogen and oxygen atoms in total. The van der Waals surface area contributed by atoms with Crippen molar-refractivity contribution in [3.63, 3.8) is 0 Å². The van der Waals surface area contributed by atoms with Crippen molar-refractivity contribution in [3.8, 4) is 0 Å².